The molecule has 2 nitrogen and oxygen atoms in total. The number of nitrogens with one attached hydrogen (secondary N) is 1. The highest BCUT2D eigenvalue weighted by atomic mass is 16.3. The van der Waals surface area contributed by atoms with Gasteiger partial charge in [0.15, 0.2) is 0 Å². The van der Waals surface area contributed by atoms with Crippen LogP contribution in [0.2, 0.25) is 0 Å². The SMILES string of the molecule is CC(=N)C(C)CO. The molecule has 7 heavy (non-hydrogen) atoms. The van der Waals surface area contributed by atoms with Crippen molar-refractivity contribution in [3.05, 3.63) is 0 Å². The summed E-state index contributed by atoms with van der Waals surface area (Å²) >= 11 is 0. The maximum Gasteiger partial charge on any atom is 0.0508 e. The van der Waals surface area contributed by atoms with Gasteiger partial charge in [-0.1, -0.05) is 6.92 Å². The highest BCUT2D eigenvalue weighted by Gasteiger charge is 1.98. The third-order valence-electron chi connectivity index (χ3n) is 1.01. The fourth-order valence-electron chi connectivity index (χ4n) is 0.137. The largest absolute Gasteiger partial charge is 0.396 e. The van der Waals surface area contributed by atoms with Gasteiger partial charge in [-0.3, -0.25) is 0 Å². The summed E-state index contributed by atoms with van der Waals surface area (Å²) in [6, 6.07) is 0. The predicted molar refractivity (Wildman–Crippen MR) is 29.7 cm³/mol. The van der Waals surface area contributed by atoms with Crippen LogP contribution in [0, 0.1) is 11.3 Å². The molecule has 0 rings (SSSR count). The predicted octanol–water partition coefficient (Wildman–Crippen LogP) is 0.654. The summed E-state index contributed by atoms with van der Waals surface area (Å²) in [6.07, 6.45) is 0. The molecule has 2 heteroatoms. The maximum absolute atomic E-state index is 8.36. The molecule has 0 saturated carbocycles. The topological polar surface area (TPSA) is 44.1 Å². The monoisotopic (exact) mass is 101 g/mol. The maximum atomic E-state index is 8.36. The average molecular weight is 101 g/mol. The molecule has 2 N–H and O–H groups in total. The van der Waals surface area contributed by atoms with Crippen LogP contribution in [0.1, 0.15) is 13.8 Å². The Morgan fingerprint density at radius 1 is 1.86 bits per heavy atom. The fraction of sp³-hybridized carbons (Fsp3) is 0.800. The van der Waals surface area contributed by atoms with Gasteiger partial charge in [0.1, 0.15) is 0 Å². The second kappa shape index (κ2) is 2.75. The third kappa shape index (κ3) is 2.34. The van der Waals surface area contributed by atoms with Crippen molar-refractivity contribution < 1.29 is 5.11 Å². The Morgan fingerprint density at radius 2 is 2.29 bits per heavy atom. The van der Waals surface area contributed by atoms with Crippen molar-refractivity contribution in [2.75, 3.05) is 6.61 Å². The summed E-state index contributed by atoms with van der Waals surface area (Å²) in [5.74, 6) is 0.0417. The summed E-state index contributed by atoms with van der Waals surface area (Å²) in [5, 5.41) is 15.3. The molecule has 0 bridgehead atoms. The lowest BCUT2D eigenvalue weighted by atomic mass is 10.1. The molecule has 0 amide bonds. The Morgan fingerprint density at radius 3 is 2.29 bits per heavy atom. The van der Waals surface area contributed by atoms with Gasteiger partial charge in [-0.2, -0.15) is 0 Å². The summed E-state index contributed by atoms with van der Waals surface area (Å²) in [6.45, 7) is 3.61. The second-order valence-corrected chi connectivity index (χ2v) is 1.77. The van der Waals surface area contributed by atoms with Crippen LogP contribution < -0.4 is 0 Å². The number of aliphatic hydroxyl groups is 1. The lowest BCUT2D eigenvalue weighted by molar-refractivity contribution is 0.269. The first-order valence-electron chi connectivity index (χ1n) is 2.34. The van der Waals surface area contributed by atoms with Crippen molar-refractivity contribution >= 4 is 5.71 Å². The average Bonchev–Trinajstić information content (AvgIpc) is 1.65. The number of hydrogen-bond donors (Lipinski definition) is 2. The van der Waals surface area contributed by atoms with Gasteiger partial charge in [-0.05, 0) is 6.92 Å². The Labute approximate surface area is 43.7 Å². The van der Waals surface area contributed by atoms with Crippen molar-refractivity contribution in [2.24, 2.45) is 5.92 Å². The quantitative estimate of drug-likeness (QED) is 0.493. The lowest BCUT2D eigenvalue weighted by Crippen LogP contribution is -2.09. The zero-order valence-electron chi connectivity index (χ0n) is 4.73. The standard InChI is InChI=1S/C5H11NO/c1-4(3-7)5(2)6/h4,6-7H,3H2,1-2H3. The molecule has 0 saturated heterocycles. The summed E-state index contributed by atoms with van der Waals surface area (Å²) in [4.78, 5) is 0. The molecule has 0 aromatic rings. The van der Waals surface area contributed by atoms with E-state index in [-0.39, 0.29) is 12.5 Å². The summed E-state index contributed by atoms with van der Waals surface area (Å²) < 4.78 is 0. The molecule has 1 unspecified atom stereocenters. The smallest absolute Gasteiger partial charge is 0.0508 e. The second-order valence-electron chi connectivity index (χ2n) is 1.77. The minimum atomic E-state index is 0.0417. The number of rotatable bonds is 2. The fourth-order valence-corrected chi connectivity index (χ4v) is 0.137. The molecular formula is C5H11NO. The molecule has 0 fully saturated rings. The molecule has 42 valence electrons. The molecule has 1 atom stereocenters. The van der Waals surface area contributed by atoms with Gasteiger partial charge < -0.3 is 10.5 Å². The van der Waals surface area contributed by atoms with Gasteiger partial charge in [-0.15, -0.1) is 0 Å². The highest BCUT2D eigenvalue weighted by molar-refractivity contribution is 5.80. The first-order chi connectivity index (χ1) is 3.18. The van der Waals surface area contributed by atoms with Gasteiger partial charge in [0.25, 0.3) is 0 Å². The molecule has 0 heterocycles. The van der Waals surface area contributed by atoms with Crippen LogP contribution in [0.15, 0.2) is 0 Å². The van der Waals surface area contributed by atoms with E-state index in [9.17, 15) is 0 Å². The van der Waals surface area contributed by atoms with Crippen molar-refractivity contribution in [2.45, 2.75) is 13.8 Å². The first kappa shape index (κ1) is 6.63. The van der Waals surface area contributed by atoms with Crippen LogP contribution in [0.4, 0.5) is 0 Å². The van der Waals surface area contributed by atoms with Crippen molar-refractivity contribution in [3.8, 4) is 0 Å². The number of aliphatic hydroxyl groups excluding tert-OH is 1. The van der Waals surface area contributed by atoms with Crippen LogP contribution in [0.5, 0.6) is 0 Å². The van der Waals surface area contributed by atoms with Crippen molar-refractivity contribution in [1.29, 1.82) is 5.41 Å². The Bertz CT molecular complexity index is 70.5. The Balaban J connectivity index is 3.34. The van der Waals surface area contributed by atoms with E-state index >= 15 is 0 Å². The minimum Gasteiger partial charge on any atom is -0.396 e. The molecule has 0 radical (unpaired) electrons. The third-order valence-corrected chi connectivity index (χ3v) is 1.01. The van der Waals surface area contributed by atoms with Crippen molar-refractivity contribution in [1.82, 2.24) is 0 Å². The lowest BCUT2D eigenvalue weighted by Gasteiger charge is -2.01. The molecule has 0 aromatic heterocycles. The van der Waals surface area contributed by atoms with E-state index in [1.54, 1.807) is 6.92 Å². The van der Waals surface area contributed by atoms with Crippen LogP contribution >= 0.6 is 0 Å². The molecule has 0 aliphatic rings. The van der Waals surface area contributed by atoms with Crippen LogP contribution in [0.3, 0.4) is 0 Å². The van der Waals surface area contributed by atoms with Gasteiger partial charge in [-0.25, -0.2) is 0 Å². The van der Waals surface area contributed by atoms with Crippen molar-refractivity contribution in [3.63, 3.8) is 0 Å². The Hall–Kier alpha value is -0.370. The molecule has 0 aliphatic heterocycles. The Kier molecular flexibility index (Phi) is 2.60. The van der Waals surface area contributed by atoms with Gasteiger partial charge in [0.2, 0.25) is 0 Å². The van der Waals surface area contributed by atoms with E-state index in [1.165, 1.54) is 0 Å². The van der Waals surface area contributed by atoms with Gasteiger partial charge in [0.05, 0.1) is 6.61 Å². The van der Waals surface area contributed by atoms with E-state index < -0.39 is 0 Å². The number of hydrogen-bond acceptors (Lipinski definition) is 2. The van der Waals surface area contributed by atoms with E-state index in [2.05, 4.69) is 0 Å². The molecular weight excluding hydrogens is 90.1 g/mol. The van der Waals surface area contributed by atoms with Gasteiger partial charge >= 0.3 is 0 Å². The van der Waals surface area contributed by atoms with E-state index in [4.69, 9.17) is 10.5 Å². The zero-order valence-corrected chi connectivity index (χ0v) is 4.73. The zero-order chi connectivity index (χ0) is 5.86. The van der Waals surface area contributed by atoms with E-state index in [0.717, 1.165) is 0 Å². The van der Waals surface area contributed by atoms with Crippen LogP contribution in [-0.4, -0.2) is 17.4 Å². The summed E-state index contributed by atoms with van der Waals surface area (Å²) in [7, 11) is 0. The summed E-state index contributed by atoms with van der Waals surface area (Å²) in [5.41, 5.74) is 0.544. The minimum absolute atomic E-state index is 0.0417. The molecule has 0 aromatic carbocycles. The highest BCUT2D eigenvalue weighted by Crippen LogP contribution is 1.91. The first-order valence-corrected chi connectivity index (χ1v) is 2.34. The van der Waals surface area contributed by atoms with E-state index in [0.29, 0.717) is 5.71 Å². The van der Waals surface area contributed by atoms with Crippen LogP contribution in [-0.2, 0) is 0 Å². The van der Waals surface area contributed by atoms with Gasteiger partial charge in [0, 0.05) is 11.6 Å². The van der Waals surface area contributed by atoms with Crippen LogP contribution in [0.25, 0.3) is 0 Å². The normalized spacial score (nSPS) is 13.6. The molecule has 0 spiro atoms. The molecule has 0 aliphatic carbocycles. The van der Waals surface area contributed by atoms with E-state index in [1.807, 2.05) is 6.92 Å².